The molecule has 0 amide bonds. The molecule has 0 fully saturated rings. The maximum absolute atomic E-state index is 10.4. The number of nitrogens with one attached hydrogen (secondary N) is 1. The Morgan fingerprint density at radius 3 is 2.42 bits per heavy atom. The van der Waals surface area contributed by atoms with Crippen LogP contribution in [-0.2, 0) is 4.65 Å². The lowest BCUT2D eigenvalue weighted by molar-refractivity contribution is -0.0128. The molecule has 3 nitrogen and oxygen atoms in total. The van der Waals surface area contributed by atoms with E-state index in [0.29, 0.717) is 0 Å². The Kier molecular flexibility index (Phi) is 3.50. The Hall–Kier alpha value is -1.26. The number of aromatic amines is 1. The number of benzene rings is 1. The molecule has 0 aliphatic carbocycles. The zero-order chi connectivity index (χ0) is 14.3. The molecular weight excluding hydrogens is 237 g/mol. The van der Waals surface area contributed by atoms with Crippen molar-refractivity contribution in [3.05, 3.63) is 30.5 Å². The van der Waals surface area contributed by atoms with Gasteiger partial charge in [-0.2, -0.15) is 0 Å². The van der Waals surface area contributed by atoms with Crippen LogP contribution in [0.4, 0.5) is 0 Å². The van der Waals surface area contributed by atoms with Gasteiger partial charge in [0, 0.05) is 11.7 Å². The minimum Gasteiger partial charge on any atom is -0.423 e. The highest BCUT2D eigenvalue weighted by molar-refractivity contribution is 6.63. The first kappa shape index (κ1) is 14.2. The normalized spacial score (nSPS) is 12.9. The average molecular weight is 259 g/mol. The van der Waals surface area contributed by atoms with Gasteiger partial charge in [-0.25, -0.2) is 0 Å². The lowest BCUT2D eigenvalue weighted by Crippen LogP contribution is -2.48. The third-order valence-corrected chi connectivity index (χ3v) is 4.11. The van der Waals surface area contributed by atoms with Crippen LogP contribution in [-0.4, -0.2) is 22.7 Å². The molecule has 2 aromatic rings. The van der Waals surface area contributed by atoms with Gasteiger partial charge in [0.2, 0.25) is 0 Å². The lowest BCUT2D eigenvalue weighted by atomic mass is 9.72. The second-order valence-corrected chi connectivity index (χ2v) is 6.52. The SMILES string of the molecule is CC(C)(C)C(C)(C)OB(O)c1cccc2[nH]ccc12. The molecule has 2 N–H and O–H groups in total. The molecule has 0 spiro atoms. The highest BCUT2D eigenvalue weighted by atomic mass is 16.5. The first-order valence-electron chi connectivity index (χ1n) is 6.64. The van der Waals surface area contributed by atoms with Crippen molar-refractivity contribution < 1.29 is 9.68 Å². The second-order valence-electron chi connectivity index (χ2n) is 6.52. The zero-order valence-electron chi connectivity index (χ0n) is 12.3. The fraction of sp³-hybridized carbons (Fsp3) is 0.467. The van der Waals surface area contributed by atoms with Crippen LogP contribution in [0.3, 0.4) is 0 Å². The van der Waals surface area contributed by atoms with Crippen LogP contribution >= 0.6 is 0 Å². The number of hydrogen-bond donors (Lipinski definition) is 2. The Bertz CT molecular complexity index is 569. The average Bonchev–Trinajstić information content (AvgIpc) is 2.73. The molecule has 0 aliphatic heterocycles. The molecule has 0 bridgehead atoms. The minimum absolute atomic E-state index is 0.0555. The second kappa shape index (κ2) is 4.69. The molecular formula is C15H22BNO2. The smallest absolute Gasteiger partial charge is 0.423 e. The van der Waals surface area contributed by atoms with Crippen molar-refractivity contribution in [2.45, 2.75) is 40.2 Å². The summed E-state index contributed by atoms with van der Waals surface area (Å²) in [4.78, 5) is 3.14. The Balaban J connectivity index is 2.30. The van der Waals surface area contributed by atoms with Gasteiger partial charge in [0.15, 0.2) is 0 Å². The van der Waals surface area contributed by atoms with Crippen LogP contribution in [0.2, 0.25) is 0 Å². The molecule has 4 heteroatoms. The first-order valence-corrected chi connectivity index (χ1v) is 6.64. The first-order chi connectivity index (χ1) is 8.72. The molecule has 0 aliphatic rings. The van der Waals surface area contributed by atoms with E-state index in [-0.39, 0.29) is 5.41 Å². The summed E-state index contributed by atoms with van der Waals surface area (Å²) in [5, 5.41) is 11.4. The van der Waals surface area contributed by atoms with E-state index >= 15 is 0 Å². The van der Waals surface area contributed by atoms with E-state index in [0.717, 1.165) is 16.4 Å². The van der Waals surface area contributed by atoms with Crippen molar-refractivity contribution in [2.24, 2.45) is 5.41 Å². The molecule has 0 atom stereocenters. The van der Waals surface area contributed by atoms with Crippen molar-refractivity contribution in [1.82, 2.24) is 4.98 Å². The van der Waals surface area contributed by atoms with Crippen LogP contribution in [0.15, 0.2) is 30.5 Å². The summed E-state index contributed by atoms with van der Waals surface area (Å²) in [6, 6.07) is 7.77. The number of aromatic nitrogens is 1. The monoisotopic (exact) mass is 259 g/mol. The molecule has 2 rings (SSSR count). The molecule has 0 saturated carbocycles. The maximum atomic E-state index is 10.4. The predicted octanol–water partition coefficient (Wildman–Crippen LogP) is 2.70. The summed E-state index contributed by atoms with van der Waals surface area (Å²) < 4.78 is 5.91. The van der Waals surface area contributed by atoms with Crippen molar-refractivity contribution in [1.29, 1.82) is 0 Å². The van der Waals surface area contributed by atoms with Crippen molar-refractivity contribution >= 4 is 23.5 Å². The molecule has 102 valence electrons. The van der Waals surface area contributed by atoms with Gasteiger partial charge in [-0.3, -0.25) is 0 Å². The number of rotatable bonds is 3. The highest BCUT2D eigenvalue weighted by Crippen LogP contribution is 2.33. The molecule has 19 heavy (non-hydrogen) atoms. The van der Waals surface area contributed by atoms with Gasteiger partial charge in [0.25, 0.3) is 0 Å². The highest BCUT2D eigenvalue weighted by Gasteiger charge is 2.37. The quantitative estimate of drug-likeness (QED) is 0.832. The summed E-state index contributed by atoms with van der Waals surface area (Å²) in [7, 11) is -0.922. The van der Waals surface area contributed by atoms with Crippen LogP contribution in [0, 0.1) is 5.41 Å². The molecule has 0 saturated heterocycles. The summed E-state index contributed by atoms with van der Waals surface area (Å²) in [6.45, 7) is 10.3. The molecule has 1 aromatic carbocycles. The van der Waals surface area contributed by atoms with Crippen LogP contribution in [0.5, 0.6) is 0 Å². The number of fused-ring (bicyclic) bond motifs is 1. The van der Waals surface area contributed by atoms with Gasteiger partial charge in [0.1, 0.15) is 0 Å². The predicted molar refractivity (Wildman–Crippen MR) is 80.5 cm³/mol. The van der Waals surface area contributed by atoms with E-state index < -0.39 is 12.7 Å². The molecule has 1 aromatic heterocycles. The molecule has 0 radical (unpaired) electrons. The summed E-state index contributed by atoms with van der Waals surface area (Å²) in [6.07, 6.45) is 1.87. The van der Waals surface area contributed by atoms with E-state index in [1.807, 2.05) is 44.3 Å². The molecule has 0 unspecified atom stereocenters. The van der Waals surface area contributed by atoms with Crippen LogP contribution in [0.25, 0.3) is 10.9 Å². The Morgan fingerprint density at radius 1 is 1.11 bits per heavy atom. The standard InChI is InChI=1S/C15H22BNO2/c1-14(2,3)15(4,5)19-16(18)12-7-6-8-13-11(12)9-10-17-13/h6-10,17-18H,1-5H3. The summed E-state index contributed by atoms with van der Waals surface area (Å²) in [5.74, 6) is 0. The maximum Gasteiger partial charge on any atom is 0.492 e. The topological polar surface area (TPSA) is 45.2 Å². The van der Waals surface area contributed by atoms with Crippen molar-refractivity contribution in [2.75, 3.05) is 0 Å². The van der Waals surface area contributed by atoms with Gasteiger partial charge < -0.3 is 14.7 Å². The van der Waals surface area contributed by atoms with Gasteiger partial charge in [-0.05, 0) is 42.2 Å². The van der Waals surface area contributed by atoms with Crippen LogP contribution in [0.1, 0.15) is 34.6 Å². The van der Waals surface area contributed by atoms with E-state index in [1.165, 1.54) is 0 Å². The van der Waals surface area contributed by atoms with E-state index in [2.05, 4.69) is 25.8 Å². The zero-order valence-corrected chi connectivity index (χ0v) is 12.3. The lowest BCUT2D eigenvalue weighted by Gasteiger charge is -2.40. The Labute approximate surface area is 115 Å². The summed E-state index contributed by atoms with van der Waals surface area (Å²) in [5.41, 5.74) is 1.33. The minimum atomic E-state index is -0.922. The third kappa shape index (κ3) is 2.70. The fourth-order valence-electron chi connectivity index (χ4n) is 1.84. The van der Waals surface area contributed by atoms with Gasteiger partial charge >= 0.3 is 7.12 Å². The summed E-state index contributed by atoms with van der Waals surface area (Å²) >= 11 is 0. The number of H-pyrrole nitrogens is 1. The fourth-order valence-corrected chi connectivity index (χ4v) is 1.84. The van der Waals surface area contributed by atoms with Gasteiger partial charge in [-0.1, -0.05) is 32.9 Å². The van der Waals surface area contributed by atoms with Crippen LogP contribution < -0.4 is 5.46 Å². The van der Waals surface area contributed by atoms with E-state index in [9.17, 15) is 5.02 Å². The van der Waals surface area contributed by atoms with E-state index in [4.69, 9.17) is 4.65 Å². The Morgan fingerprint density at radius 2 is 1.79 bits per heavy atom. The number of hydrogen-bond acceptors (Lipinski definition) is 2. The van der Waals surface area contributed by atoms with E-state index in [1.54, 1.807) is 0 Å². The van der Waals surface area contributed by atoms with Crippen molar-refractivity contribution in [3.63, 3.8) is 0 Å². The van der Waals surface area contributed by atoms with Gasteiger partial charge in [-0.15, -0.1) is 0 Å². The molecule has 1 heterocycles. The van der Waals surface area contributed by atoms with Gasteiger partial charge in [0.05, 0.1) is 5.60 Å². The van der Waals surface area contributed by atoms with Crippen molar-refractivity contribution in [3.8, 4) is 0 Å². The third-order valence-electron chi connectivity index (χ3n) is 4.11. The largest absolute Gasteiger partial charge is 0.492 e.